The van der Waals surface area contributed by atoms with Gasteiger partial charge in [-0.25, -0.2) is 0 Å². The van der Waals surface area contributed by atoms with Crippen molar-refractivity contribution < 1.29 is 9.84 Å². The summed E-state index contributed by atoms with van der Waals surface area (Å²) in [5.41, 5.74) is 13.6. The van der Waals surface area contributed by atoms with Crippen molar-refractivity contribution in [3.8, 4) is 0 Å². The lowest BCUT2D eigenvalue weighted by Gasteiger charge is -2.68. The molecule has 6 N–H and O–H groups in total. The Morgan fingerprint density at radius 2 is 1.69 bits per heavy atom. The van der Waals surface area contributed by atoms with Crippen LogP contribution in [0.25, 0.3) is 0 Å². The molecule has 0 aromatic heterocycles. The number of hydrogen-bond donors (Lipinski definition) is 4. The lowest BCUT2D eigenvalue weighted by Crippen LogP contribution is -2.74. The normalized spacial score (nSPS) is 49.2. The van der Waals surface area contributed by atoms with Crippen LogP contribution in [0.2, 0.25) is 0 Å². The van der Waals surface area contributed by atoms with Crippen molar-refractivity contribution in [2.24, 2.45) is 46.5 Å². The third-order valence-electron chi connectivity index (χ3n) is 12.7. The predicted molar refractivity (Wildman–Crippen MR) is 145 cm³/mol. The lowest BCUT2D eigenvalue weighted by atomic mass is 9.49. The van der Waals surface area contributed by atoms with Gasteiger partial charge < -0.3 is 26.6 Å². The van der Waals surface area contributed by atoms with Crippen molar-refractivity contribution in [1.29, 1.82) is 0 Å². The van der Waals surface area contributed by atoms with E-state index in [-0.39, 0.29) is 29.5 Å². The molecule has 7 aliphatic rings. The number of fused-ring (bicyclic) bond motifs is 3. The second-order valence-electron chi connectivity index (χ2n) is 14.9. The Morgan fingerprint density at radius 1 is 0.917 bits per heavy atom. The van der Waals surface area contributed by atoms with Gasteiger partial charge in [0.25, 0.3) is 0 Å². The zero-order chi connectivity index (χ0) is 25.0. The molecular weight excluding hydrogens is 446 g/mol. The van der Waals surface area contributed by atoms with E-state index in [1.807, 2.05) is 0 Å². The number of piperidine rings is 1. The molecule has 1 spiro atoms. The predicted octanol–water partition coefficient (Wildman–Crippen LogP) is 5.24. The van der Waals surface area contributed by atoms with Crippen molar-refractivity contribution in [2.75, 3.05) is 13.2 Å². The quantitative estimate of drug-likeness (QED) is 0.400. The second kappa shape index (κ2) is 9.77. The summed E-state index contributed by atoms with van der Waals surface area (Å²) in [7, 11) is 0. The number of aliphatic hydroxyl groups excluding tert-OH is 1. The van der Waals surface area contributed by atoms with Crippen LogP contribution in [0, 0.1) is 35.0 Å². The van der Waals surface area contributed by atoms with Crippen LogP contribution >= 0.6 is 0 Å². The van der Waals surface area contributed by atoms with Crippen LogP contribution in [0.15, 0.2) is 0 Å². The minimum absolute atomic E-state index is 0.0859. The smallest absolute Gasteiger partial charge is 0.0736 e. The van der Waals surface area contributed by atoms with Gasteiger partial charge in [-0.05, 0) is 132 Å². The average Bonchev–Trinajstić information content (AvgIpc) is 3.54. The number of ether oxygens (including phenoxy) is 1. The number of aliphatic hydroxyl groups is 1. The molecule has 206 valence electrons. The summed E-state index contributed by atoms with van der Waals surface area (Å²) in [6.07, 6.45) is 23.2. The maximum Gasteiger partial charge on any atom is 0.0736 e. The van der Waals surface area contributed by atoms with Crippen LogP contribution < -0.4 is 16.8 Å². The third-order valence-corrected chi connectivity index (χ3v) is 12.7. The average molecular weight is 502 g/mol. The minimum atomic E-state index is -0.276. The van der Waals surface area contributed by atoms with Gasteiger partial charge in [-0.2, -0.15) is 0 Å². The molecule has 0 aromatic rings. The highest BCUT2D eigenvalue weighted by atomic mass is 16.5. The van der Waals surface area contributed by atoms with E-state index in [4.69, 9.17) is 16.2 Å². The molecule has 5 heteroatoms. The molecule has 4 saturated carbocycles. The molecule has 4 aliphatic carbocycles. The molecule has 36 heavy (non-hydrogen) atoms. The summed E-state index contributed by atoms with van der Waals surface area (Å²) >= 11 is 0. The molecule has 0 aromatic carbocycles. The first-order valence-corrected chi connectivity index (χ1v) is 15.9. The van der Waals surface area contributed by atoms with Gasteiger partial charge in [-0.15, -0.1) is 0 Å². The van der Waals surface area contributed by atoms with Crippen molar-refractivity contribution >= 4 is 0 Å². The Morgan fingerprint density at radius 3 is 2.39 bits per heavy atom. The molecule has 3 saturated heterocycles. The maximum atomic E-state index is 10.1. The van der Waals surface area contributed by atoms with Gasteiger partial charge in [0.15, 0.2) is 0 Å². The molecule has 3 aliphatic heterocycles. The lowest BCUT2D eigenvalue weighted by molar-refractivity contribution is -0.312. The number of rotatable bonds is 6. The first-order chi connectivity index (χ1) is 17.3. The van der Waals surface area contributed by atoms with Crippen molar-refractivity contribution in [3.05, 3.63) is 0 Å². The van der Waals surface area contributed by atoms with E-state index < -0.39 is 0 Å². The van der Waals surface area contributed by atoms with Crippen LogP contribution in [-0.4, -0.2) is 41.2 Å². The third kappa shape index (κ3) is 4.51. The number of nitrogens with two attached hydrogens (primary N) is 2. The topological polar surface area (TPSA) is 93.5 Å². The first-order valence-electron chi connectivity index (χ1n) is 15.9. The van der Waals surface area contributed by atoms with Crippen LogP contribution in [0.5, 0.6) is 0 Å². The molecule has 5 nitrogen and oxygen atoms in total. The fraction of sp³-hybridized carbons (Fsp3) is 1.00. The van der Waals surface area contributed by atoms with Crippen LogP contribution in [0.4, 0.5) is 0 Å². The van der Waals surface area contributed by atoms with Gasteiger partial charge >= 0.3 is 0 Å². The molecule has 7 fully saturated rings. The highest BCUT2D eigenvalue weighted by Crippen LogP contribution is 2.65. The van der Waals surface area contributed by atoms with Gasteiger partial charge in [0, 0.05) is 18.1 Å². The fourth-order valence-corrected chi connectivity index (χ4v) is 11.2. The molecule has 8 atom stereocenters. The minimum Gasteiger partial charge on any atom is -0.396 e. The Hall–Kier alpha value is -0.200. The second-order valence-corrected chi connectivity index (χ2v) is 14.9. The summed E-state index contributed by atoms with van der Waals surface area (Å²) in [5.74, 6) is 3.24. The van der Waals surface area contributed by atoms with Gasteiger partial charge in [-0.3, -0.25) is 0 Å². The largest absolute Gasteiger partial charge is 0.396 e. The SMILES string of the molecule is CC1(C2CCCC2)OC2(C3CC(CC4CCC(N)NC4)CC4(CCCC4)C3)CCC1C(N)(CCO)C2. The Bertz CT molecular complexity index is 772. The van der Waals surface area contributed by atoms with E-state index in [0.717, 1.165) is 37.6 Å². The Labute approximate surface area is 220 Å². The molecule has 8 unspecified atom stereocenters. The van der Waals surface area contributed by atoms with E-state index >= 15 is 0 Å². The van der Waals surface area contributed by atoms with Crippen molar-refractivity contribution in [3.63, 3.8) is 0 Å². The number of nitrogens with one attached hydrogen (secondary N) is 1. The fourth-order valence-electron chi connectivity index (χ4n) is 11.2. The van der Waals surface area contributed by atoms with Crippen molar-refractivity contribution in [1.82, 2.24) is 5.32 Å². The van der Waals surface area contributed by atoms with Gasteiger partial charge in [0.05, 0.1) is 17.4 Å². The molecule has 2 bridgehead atoms. The molecular formula is C31H55N3O2. The van der Waals surface area contributed by atoms with E-state index in [1.165, 1.54) is 96.3 Å². The monoisotopic (exact) mass is 501 g/mol. The Kier molecular flexibility index (Phi) is 7.07. The van der Waals surface area contributed by atoms with E-state index in [1.54, 1.807) is 0 Å². The number of hydrogen-bond acceptors (Lipinski definition) is 5. The summed E-state index contributed by atoms with van der Waals surface area (Å²) in [6, 6.07) is 0. The Balaban J connectivity index is 1.29. The highest BCUT2D eigenvalue weighted by molar-refractivity contribution is 5.18. The van der Waals surface area contributed by atoms with Crippen LogP contribution in [-0.2, 0) is 4.74 Å². The summed E-state index contributed by atoms with van der Waals surface area (Å²) < 4.78 is 7.59. The van der Waals surface area contributed by atoms with E-state index in [0.29, 0.717) is 23.2 Å². The zero-order valence-corrected chi connectivity index (χ0v) is 23.1. The maximum absolute atomic E-state index is 10.1. The van der Waals surface area contributed by atoms with Crippen LogP contribution in [0.3, 0.4) is 0 Å². The van der Waals surface area contributed by atoms with Gasteiger partial charge in [-0.1, -0.05) is 25.7 Å². The highest BCUT2D eigenvalue weighted by Gasteiger charge is 2.67. The molecule has 0 radical (unpaired) electrons. The molecule has 0 amide bonds. The van der Waals surface area contributed by atoms with E-state index in [9.17, 15) is 5.11 Å². The summed E-state index contributed by atoms with van der Waals surface area (Å²) in [5, 5.41) is 13.7. The van der Waals surface area contributed by atoms with Gasteiger partial charge in [0.2, 0.25) is 0 Å². The van der Waals surface area contributed by atoms with Crippen LogP contribution in [0.1, 0.15) is 122 Å². The van der Waals surface area contributed by atoms with Crippen molar-refractivity contribution in [2.45, 2.75) is 145 Å². The molecule has 3 heterocycles. The van der Waals surface area contributed by atoms with E-state index in [2.05, 4.69) is 12.2 Å². The summed E-state index contributed by atoms with van der Waals surface area (Å²) in [6.45, 7) is 3.75. The molecule has 7 rings (SSSR count). The van der Waals surface area contributed by atoms with Gasteiger partial charge in [0.1, 0.15) is 0 Å². The standard InChI is InChI=1S/C31H55N3O2/c1-28(24-6-2-3-7-24)26-10-13-31(36-28,21-30(26,33)14-15-35)25-17-23(16-22-8-9-27(32)34-20-22)18-29(19-25)11-4-5-12-29/h22-27,34-35H,2-21,32-33H2,1H3. The zero-order valence-electron chi connectivity index (χ0n) is 23.1. The summed E-state index contributed by atoms with van der Waals surface area (Å²) in [4.78, 5) is 0. The first kappa shape index (κ1) is 26.0.